The summed E-state index contributed by atoms with van der Waals surface area (Å²) in [6.07, 6.45) is 6.51. The van der Waals surface area contributed by atoms with Crippen LogP contribution in [0.5, 0.6) is 0 Å². The molecule has 0 saturated carbocycles. The molecule has 204 valence electrons. The summed E-state index contributed by atoms with van der Waals surface area (Å²) < 4.78 is 29.0. The molecule has 0 aliphatic carbocycles. The molecule has 0 aromatic heterocycles. The number of halogens is 4. The van der Waals surface area contributed by atoms with Crippen LogP contribution < -0.4 is 0 Å². The Morgan fingerprint density at radius 2 is 1.65 bits per heavy atom. The number of amides is 2. The van der Waals surface area contributed by atoms with Crippen LogP contribution in [0.1, 0.15) is 66.1 Å². The highest BCUT2D eigenvalue weighted by Gasteiger charge is 2.27. The van der Waals surface area contributed by atoms with Gasteiger partial charge in [0.2, 0.25) is 0 Å². The molecular weight excluding hydrogens is 505 g/mol. The molecule has 0 spiro atoms. The van der Waals surface area contributed by atoms with Gasteiger partial charge in [-0.2, -0.15) is 13.2 Å². The summed E-state index contributed by atoms with van der Waals surface area (Å²) in [6.45, 7) is -2.21. The number of aryl methyl sites for hydroxylation is 1. The molecule has 37 heavy (non-hydrogen) atoms. The molecule has 1 aliphatic heterocycles. The van der Waals surface area contributed by atoms with E-state index in [4.69, 9.17) is 11.6 Å². The predicted molar refractivity (Wildman–Crippen MR) is 139 cm³/mol. The van der Waals surface area contributed by atoms with E-state index in [0.717, 1.165) is 45.2 Å². The molecule has 0 bridgehead atoms. The minimum Gasteiger partial charge on any atom is -0.378 e. The van der Waals surface area contributed by atoms with Gasteiger partial charge < -0.3 is 14.9 Å². The average Bonchev–Trinajstić information content (AvgIpc) is 2.88. The van der Waals surface area contributed by atoms with E-state index in [9.17, 15) is 27.9 Å². The summed E-state index contributed by atoms with van der Waals surface area (Å²) in [6, 6.07) is 14.9. The number of rotatable bonds is 9. The lowest BCUT2D eigenvalue weighted by Gasteiger charge is -2.33. The molecule has 1 saturated heterocycles. The van der Waals surface area contributed by atoms with Crippen LogP contribution in [-0.2, 0) is 11.2 Å². The zero-order valence-electron chi connectivity index (χ0n) is 21.4. The summed E-state index contributed by atoms with van der Waals surface area (Å²) in [5.74, 6) is 0.388. The highest BCUT2D eigenvalue weighted by molar-refractivity contribution is 6.33. The standard InChI is InChI=1S/C27H35ClN2O3.CHF3/c1-29(2)26(32)23-14-13-21(19-24(23)28)10-6-3-5-9-20-15-17-30(18-16-20)27(33)25(31)22-11-7-4-8-12-22;2-1(3)4/h4,7-8,11-14,19-20,25,31H,3,5-6,9-10,15-18H2,1-2H3;1H. The first-order valence-electron chi connectivity index (χ1n) is 12.5. The second-order valence-electron chi connectivity index (χ2n) is 9.44. The Hall–Kier alpha value is -2.58. The van der Waals surface area contributed by atoms with Gasteiger partial charge in [-0.3, -0.25) is 9.59 Å². The molecule has 1 unspecified atom stereocenters. The molecule has 2 aromatic rings. The van der Waals surface area contributed by atoms with Gasteiger partial charge in [0.15, 0.2) is 6.10 Å². The van der Waals surface area contributed by atoms with Crippen LogP contribution in [-0.4, -0.2) is 60.6 Å². The molecule has 2 amide bonds. The van der Waals surface area contributed by atoms with Crippen molar-refractivity contribution in [3.8, 4) is 0 Å². The van der Waals surface area contributed by atoms with Crippen LogP contribution in [0.25, 0.3) is 0 Å². The average molecular weight is 541 g/mol. The fourth-order valence-corrected chi connectivity index (χ4v) is 4.74. The summed E-state index contributed by atoms with van der Waals surface area (Å²) in [7, 11) is 3.45. The van der Waals surface area contributed by atoms with Gasteiger partial charge >= 0.3 is 6.68 Å². The summed E-state index contributed by atoms with van der Waals surface area (Å²) in [4.78, 5) is 28.0. The van der Waals surface area contributed by atoms with Gasteiger partial charge in [0.05, 0.1) is 10.6 Å². The van der Waals surface area contributed by atoms with Crippen molar-refractivity contribution in [2.75, 3.05) is 27.2 Å². The van der Waals surface area contributed by atoms with Crippen LogP contribution in [0, 0.1) is 5.92 Å². The number of nitrogens with zero attached hydrogens (tertiary/aromatic N) is 2. The topological polar surface area (TPSA) is 60.9 Å². The van der Waals surface area contributed by atoms with Gasteiger partial charge in [-0.15, -0.1) is 0 Å². The number of likely N-dealkylation sites (tertiary alicyclic amines) is 1. The maximum Gasteiger partial charge on any atom is 0.379 e. The first kappa shape index (κ1) is 30.6. The highest BCUT2D eigenvalue weighted by atomic mass is 35.5. The number of hydrogen-bond donors (Lipinski definition) is 1. The smallest absolute Gasteiger partial charge is 0.378 e. The van der Waals surface area contributed by atoms with Gasteiger partial charge in [0.1, 0.15) is 0 Å². The third kappa shape index (κ3) is 10.4. The first-order chi connectivity index (χ1) is 17.6. The predicted octanol–water partition coefficient (Wildman–Crippen LogP) is 6.30. The Bertz CT molecular complexity index is 981. The second kappa shape index (κ2) is 15.6. The molecule has 1 fully saturated rings. The lowest BCUT2D eigenvalue weighted by molar-refractivity contribution is -0.142. The number of alkyl halides is 3. The Labute approximate surface area is 222 Å². The van der Waals surface area contributed by atoms with Crippen molar-refractivity contribution >= 4 is 23.4 Å². The maximum atomic E-state index is 12.6. The van der Waals surface area contributed by atoms with E-state index >= 15 is 0 Å². The quantitative estimate of drug-likeness (QED) is 0.380. The van der Waals surface area contributed by atoms with Crippen molar-refractivity contribution in [3.05, 3.63) is 70.2 Å². The number of piperidine rings is 1. The third-order valence-corrected chi connectivity index (χ3v) is 6.84. The van der Waals surface area contributed by atoms with Crippen molar-refractivity contribution in [2.45, 2.75) is 57.7 Å². The number of carbonyl (C=O) groups is 2. The van der Waals surface area contributed by atoms with E-state index in [2.05, 4.69) is 0 Å². The Morgan fingerprint density at radius 3 is 2.22 bits per heavy atom. The second-order valence-corrected chi connectivity index (χ2v) is 9.85. The minimum atomic E-state index is -3.67. The summed E-state index contributed by atoms with van der Waals surface area (Å²) in [5, 5.41) is 10.9. The van der Waals surface area contributed by atoms with Gasteiger partial charge in [0, 0.05) is 27.2 Å². The number of benzene rings is 2. The number of carbonyl (C=O) groups excluding carboxylic acids is 2. The molecular formula is C28H36ClF3N2O3. The molecule has 5 nitrogen and oxygen atoms in total. The van der Waals surface area contributed by atoms with E-state index < -0.39 is 12.8 Å². The third-order valence-electron chi connectivity index (χ3n) is 6.52. The van der Waals surface area contributed by atoms with E-state index in [1.165, 1.54) is 23.3 Å². The van der Waals surface area contributed by atoms with Crippen molar-refractivity contribution in [2.24, 2.45) is 5.92 Å². The van der Waals surface area contributed by atoms with Crippen LogP contribution in [0.15, 0.2) is 48.5 Å². The number of unbranched alkanes of at least 4 members (excludes halogenated alkanes) is 2. The van der Waals surface area contributed by atoms with Gasteiger partial charge in [-0.05, 0) is 54.9 Å². The molecule has 0 radical (unpaired) electrons. The largest absolute Gasteiger partial charge is 0.379 e. The van der Waals surface area contributed by atoms with Gasteiger partial charge in [-0.1, -0.05) is 67.3 Å². The van der Waals surface area contributed by atoms with E-state index in [1.54, 1.807) is 26.2 Å². The normalized spacial score (nSPS) is 14.6. The van der Waals surface area contributed by atoms with Crippen LogP contribution in [0.2, 0.25) is 5.02 Å². The van der Waals surface area contributed by atoms with E-state index in [0.29, 0.717) is 22.1 Å². The summed E-state index contributed by atoms with van der Waals surface area (Å²) in [5.41, 5.74) is 2.37. The number of aliphatic hydroxyl groups excluding tert-OH is 1. The molecule has 1 N–H and O–H groups in total. The fraction of sp³-hybridized carbons (Fsp3) is 0.500. The molecule has 1 aliphatic rings. The monoisotopic (exact) mass is 540 g/mol. The van der Waals surface area contributed by atoms with Crippen LogP contribution in [0.3, 0.4) is 0 Å². The maximum absolute atomic E-state index is 12.6. The Kier molecular flexibility index (Phi) is 12.9. The molecule has 3 rings (SSSR count). The molecule has 2 aromatic carbocycles. The van der Waals surface area contributed by atoms with Crippen LogP contribution >= 0.6 is 11.6 Å². The SMILES string of the molecule is CN(C)C(=O)c1ccc(CCCCCC2CCN(C(=O)C(O)c3ccccc3)CC2)cc1Cl.FC(F)F. The van der Waals surface area contributed by atoms with Crippen molar-refractivity contribution in [1.82, 2.24) is 9.80 Å². The molecule has 1 atom stereocenters. The van der Waals surface area contributed by atoms with Crippen LogP contribution in [0.4, 0.5) is 13.2 Å². The molecule has 1 heterocycles. The zero-order valence-corrected chi connectivity index (χ0v) is 22.1. The van der Waals surface area contributed by atoms with Gasteiger partial charge in [-0.25, -0.2) is 0 Å². The van der Waals surface area contributed by atoms with Gasteiger partial charge in [0.25, 0.3) is 11.8 Å². The van der Waals surface area contributed by atoms with E-state index in [-0.39, 0.29) is 11.8 Å². The Balaban J connectivity index is 0.00000112. The highest BCUT2D eigenvalue weighted by Crippen LogP contribution is 2.26. The van der Waals surface area contributed by atoms with Crippen molar-refractivity contribution in [1.29, 1.82) is 0 Å². The number of hydrogen-bond acceptors (Lipinski definition) is 3. The molecule has 9 heteroatoms. The fourth-order valence-electron chi connectivity index (χ4n) is 4.46. The van der Waals surface area contributed by atoms with Crippen molar-refractivity contribution in [3.63, 3.8) is 0 Å². The minimum absolute atomic E-state index is 0.0751. The lowest BCUT2D eigenvalue weighted by Crippen LogP contribution is -2.41. The van der Waals surface area contributed by atoms with Crippen molar-refractivity contribution < 1.29 is 27.9 Å². The zero-order chi connectivity index (χ0) is 27.4. The number of aliphatic hydroxyl groups is 1. The Morgan fingerprint density at radius 1 is 1.03 bits per heavy atom. The summed E-state index contributed by atoms with van der Waals surface area (Å²) >= 11 is 6.31. The first-order valence-corrected chi connectivity index (χ1v) is 12.9. The van der Waals surface area contributed by atoms with E-state index in [1.807, 2.05) is 41.3 Å². The lowest BCUT2D eigenvalue weighted by atomic mass is 9.90.